The van der Waals surface area contributed by atoms with Gasteiger partial charge in [0.1, 0.15) is 5.75 Å². The van der Waals surface area contributed by atoms with E-state index < -0.39 is 0 Å². The van der Waals surface area contributed by atoms with Crippen LogP contribution in [0.15, 0.2) is 67.1 Å². The van der Waals surface area contributed by atoms with Crippen molar-refractivity contribution in [3.05, 3.63) is 78.4 Å². The zero-order chi connectivity index (χ0) is 20.6. The molecule has 150 valence electrons. The Morgan fingerprint density at radius 1 is 1.10 bits per heavy atom. The van der Waals surface area contributed by atoms with E-state index in [2.05, 4.69) is 65.1 Å². The Labute approximate surface area is 177 Å². The van der Waals surface area contributed by atoms with Crippen LogP contribution >= 0.6 is 12.2 Å². The van der Waals surface area contributed by atoms with Crippen molar-refractivity contribution in [1.82, 2.24) is 14.9 Å². The van der Waals surface area contributed by atoms with Crippen molar-refractivity contribution in [2.75, 3.05) is 12.0 Å². The fraction of sp³-hybridized carbons (Fsp3) is 0.304. The second kappa shape index (κ2) is 7.52. The first kappa shape index (κ1) is 19.5. The summed E-state index contributed by atoms with van der Waals surface area (Å²) in [5.74, 6) is 0.803. The smallest absolute Gasteiger partial charge is 0.174 e. The number of ether oxygens (including phenoxy) is 1. The minimum atomic E-state index is -0.0503. The number of hydrogen-bond acceptors (Lipinski definition) is 3. The molecule has 3 aromatic rings. The van der Waals surface area contributed by atoms with Crippen LogP contribution in [-0.2, 0) is 5.54 Å². The van der Waals surface area contributed by atoms with E-state index in [0.717, 1.165) is 17.1 Å². The maximum Gasteiger partial charge on any atom is 0.174 e. The van der Waals surface area contributed by atoms with Crippen LogP contribution in [0.2, 0.25) is 0 Å². The zero-order valence-electron chi connectivity index (χ0n) is 17.2. The number of nitrogens with one attached hydrogen (secondary N) is 1. The van der Waals surface area contributed by atoms with E-state index in [-0.39, 0.29) is 17.6 Å². The summed E-state index contributed by atoms with van der Waals surface area (Å²) >= 11 is 5.78. The third-order valence-electron chi connectivity index (χ3n) is 5.26. The van der Waals surface area contributed by atoms with Gasteiger partial charge in [0.05, 0.1) is 24.9 Å². The molecule has 5 nitrogen and oxygen atoms in total. The second-order valence-electron chi connectivity index (χ2n) is 8.22. The molecule has 1 aliphatic rings. The lowest BCUT2D eigenvalue weighted by atomic mass is 9.98. The SMILES string of the molecule is COc1cccc(N2C(=S)NC(c3ccccn3)C2c2ccn(C(C)(C)C)c2)c1. The number of thiocarbonyl (C=S) groups is 1. The lowest BCUT2D eigenvalue weighted by Gasteiger charge is -2.28. The van der Waals surface area contributed by atoms with E-state index in [4.69, 9.17) is 17.0 Å². The standard InChI is InChI=1S/C23H26N4OS/c1-23(2,3)26-13-11-16(15-26)21-20(19-10-5-6-12-24-19)25-22(29)27(21)17-8-7-9-18(14-17)28-4/h5-15,20-21H,1-4H3,(H,25,29). The molecule has 1 aromatic carbocycles. The maximum atomic E-state index is 5.78. The highest BCUT2D eigenvalue weighted by Crippen LogP contribution is 2.42. The fourth-order valence-electron chi connectivity index (χ4n) is 3.74. The second-order valence-corrected chi connectivity index (χ2v) is 8.61. The Balaban J connectivity index is 1.82. The van der Waals surface area contributed by atoms with Crippen LogP contribution in [0.5, 0.6) is 5.75 Å². The van der Waals surface area contributed by atoms with Crippen LogP contribution in [0, 0.1) is 0 Å². The van der Waals surface area contributed by atoms with Gasteiger partial charge in [-0.25, -0.2) is 0 Å². The molecule has 6 heteroatoms. The number of nitrogens with zero attached hydrogens (tertiary/aromatic N) is 3. The monoisotopic (exact) mass is 406 g/mol. The summed E-state index contributed by atoms with van der Waals surface area (Å²) in [6, 6.07) is 16.1. The molecular formula is C23H26N4OS. The largest absolute Gasteiger partial charge is 0.497 e. The summed E-state index contributed by atoms with van der Waals surface area (Å²) in [6.07, 6.45) is 6.17. The highest BCUT2D eigenvalue weighted by Gasteiger charge is 2.41. The highest BCUT2D eigenvalue weighted by molar-refractivity contribution is 7.80. The van der Waals surface area contributed by atoms with Gasteiger partial charge in [-0.05, 0) is 68.9 Å². The van der Waals surface area contributed by atoms with Crippen molar-refractivity contribution in [3.8, 4) is 5.75 Å². The number of benzene rings is 1. The minimum absolute atomic E-state index is 0.00603. The molecule has 2 unspecified atom stereocenters. The topological polar surface area (TPSA) is 42.3 Å². The first-order chi connectivity index (χ1) is 13.9. The molecular weight excluding hydrogens is 380 g/mol. The Morgan fingerprint density at radius 2 is 1.93 bits per heavy atom. The van der Waals surface area contributed by atoms with Crippen molar-refractivity contribution in [2.45, 2.75) is 38.4 Å². The zero-order valence-corrected chi connectivity index (χ0v) is 18.0. The summed E-state index contributed by atoms with van der Waals surface area (Å²) in [5, 5.41) is 4.18. The van der Waals surface area contributed by atoms with Crippen molar-refractivity contribution >= 4 is 23.0 Å². The molecule has 1 saturated heterocycles. The highest BCUT2D eigenvalue weighted by atomic mass is 32.1. The predicted octanol–water partition coefficient (Wildman–Crippen LogP) is 4.82. The molecule has 0 radical (unpaired) electrons. The summed E-state index contributed by atoms with van der Waals surface area (Å²) in [7, 11) is 1.68. The van der Waals surface area contributed by atoms with Crippen molar-refractivity contribution in [1.29, 1.82) is 0 Å². The van der Waals surface area contributed by atoms with E-state index in [1.165, 1.54) is 5.56 Å². The minimum Gasteiger partial charge on any atom is -0.497 e. The molecule has 29 heavy (non-hydrogen) atoms. The van der Waals surface area contributed by atoms with Gasteiger partial charge in [-0.2, -0.15) is 0 Å². The summed E-state index contributed by atoms with van der Waals surface area (Å²) < 4.78 is 7.68. The average molecular weight is 407 g/mol. The molecule has 1 N–H and O–H groups in total. The number of aromatic nitrogens is 2. The van der Waals surface area contributed by atoms with E-state index in [1.807, 2.05) is 42.6 Å². The predicted molar refractivity (Wildman–Crippen MR) is 120 cm³/mol. The number of hydrogen-bond donors (Lipinski definition) is 1. The van der Waals surface area contributed by atoms with Crippen LogP contribution in [0.1, 0.15) is 44.1 Å². The number of rotatable bonds is 4. The maximum absolute atomic E-state index is 5.78. The van der Waals surface area contributed by atoms with Crippen LogP contribution in [-0.4, -0.2) is 21.8 Å². The molecule has 2 aromatic heterocycles. The first-order valence-corrected chi connectivity index (χ1v) is 10.1. The van der Waals surface area contributed by atoms with E-state index in [1.54, 1.807) is 7.11 Å². The van der Waals surface area contributed by atoms with Gasteiger partial charge in [0, 0.05) is 35.9 Å². The first-order valence-electron chi connectivity index (χ1n) is 9.71. The van der Waals surface area contributed by atoms with Crippen LogP contribution < -0.4 is 15.0 Å². The van der Waals surface area contributed by atoms with Gasteiger partial charge in [0.25, 0.3) is 0 Å². The normalized spacial score (nSPS) is 19.3. The van der Waals surface area contributed by atoms with Gasteiger partial charge < -0.3 is 19.5 Å². The molecule has 1 fully saturated rings. The third-order valence-corrected chi connectivity index (χ3v) is 5.58. The summed E-state index contributed by atoms with van der Waals surface area (Å²) in [6.45, 7) is 6.60. The quantitative estimate of drug-likeness (QED) is 0.629. The molecule has 2 atom stereocenters. The summed E-state index contributed by atoms with van der Waals surface area (Å²) in [4.78, 5) is 6.77. The van der Waals surface area contributed by atoms with Gasteiger partial charge in [0.2, 0.25) is 0 Å². The van der Waals surface area contributed by atoms with E-state index in [0.29, 0.717) is 5.11 Å². The molecule has 0 spiro atoms. The van der Waals surface area contributed by atoms with Gasteiger partial charge in [-0.1, -0.05) is 12.1 Å². The molecule has 0 aliphatic carbocycles. The lowest BCUT2D eigenvalue weighted by molar-refractivity contribution is 0.397. The van der Waals surface area contributed by atoms with Crippen LogP contribution in [0.3, 0.4) is 0 Å². The lowest BCUT2D eigenvalue weighted by Crippen LogP contribution is -2.29. The van der Waals surface area contributed by atoms with Crippen molar-refractivity contribution in [3.63, 3.8) is 0 Å². The molecule has 3 heterocycles. The molecule has 4 rings (SSSR count). The van der Waals surface area contributed by atoms with Gasteiger partial charge >= 0.3 is 0 Å². The number of pyridine rings is 1. The average Bonchev–Trinajstić information content (AvgIpc) is 3.33. The fourth-order valence-corrected chi connectivity index (χ4v) is 4.08. The van der Waals surface area contributed by atoms with Crippen molar-refractivity contribution in [2.24, 2.45) is 0 Å². The molecule has 0 amide bonds. The Hall–Kier alpha value is -2.86. The third kappa shape index (κ3) is 3.72. The summed E-state index contributed by atoms with van der Waals surface area (Å²) in [5.41, 5.74) is 3.15. The molecule has 0 bridgehead atoms. The van der Waals surface area contributed by atoms with Crippen molar-refractivity contribution < 1.29 is 4.74 Å². The van der Waals surface area contributed by atoms with Crippen LogP contribution in [0.25, 0.3) is 0 Å². The Morgan fingerprint density at radius 3 is 2.59 bits per heavy atom. The van der Waals surface area contributed by atoms with E-state index >= 15 is 0 Å². The van der Waals surface area contributed by atoms with E-state index in [9.17, 15) is 0 Å². The number of anilines is 1. The molecule has 0 saturated carbocycles. The Kier molecular flexibility index (Phi) is 5.04. The van der Waals surface area contributed by atoms with Gasteiger partial charge in [0.15, 0.2) is 5.11 Å². The number of methoxy groups -OCH3 is 1. The van der Waals surface area contributed by atoms with Gasteiger partial charge in [-0.15, -0.1) is 0 Å². The molecule has 1 aliphatic heterocycles. The Bertz CT molecular complexity index is 1010. The van der Waals surface area contributed by atoms with Gasteiger partial charge in [-0.3, -0.25) is 4.98 Å². The van der Waals surface area contributed by atoms with Crippen LogP contribution in [0.4, 0.5) is 5.69 Å².